The monoisotopic (exact) mass is 300 g/mol. The van der Waals surface area contributed by atoms with Crippen molar-refractivity contribution in [3.8, 4) is 0 Å². The van der Waals surface area contributed by atoms with E-state index < -0.39 is 5.60 Å². The molecule has 0 saturated heterocycles. The molecule has 0 amide bonds. The van der Waals surface area contributed by atoms with E-state index >= 15 is 0 Å². The summed E-state index contributed by atoms with van der Waals surface area (Å²) >= 11 is 3.24. The van der Waals surface area contributed by atoms with Crippen LogP contribution < -0.4 is 0 Å². The lowest BCUT2D eigenvalue weighted by Gasteiger charge is -2.38. The predicted octanol–water partition coefficient (Wildman–Crippen LogP) is 4.07. The van der Waals surface area contributed by atoms with Gasteiger partial charge in [0, 0.05) is 10.9 Å². The van der Waals surface area contributed by atoms with Crippen LogP contribution in [0.4, 0.5) is 4.39 Å². The molecular formula is C14H18BrFO. The summed E-state index contributed by atoms with van der Waals surface area (Å²) in [5.41, 5.74) is -0.114. The number of benzene rings is 1. The molecule has 94 valence electrons. The molecule has 1 aliphatic rings. The van der Waals surface area contributed by atoms with Gasteiger partial charge in [0.05, 0.1) is 5.60 Å². The summed E-state index contributed by atoms with van der Waals surface area (Å²) in [6.45, 7) is 2.07. The molecule has 1 aromatic carbocycles. The highest BCUT2D eigenvalue weighted by Crippen LogP contribution is 2.36. The van der Waals surface area contributed by atoms with Gasteiger partial charge in [-0.05, 0) is 36.5 Å². The van der Waals surface area contributed by atoms with Crippen molar-refractivity contribution in [2.75, 3.05) is 0 Å². The van der Waals surface area contributed by atoms with Crippen molar-refractivity contribution in [1.29, 1.82) is 0 Å². The van der Waals surface area contributed by atoms with Crippen LogP contribution in [0.25, 0.3) is 0 Å². The largest absolute Gasteiger partial charge is 0.389 e. The second kappa shape index (κ2) is 5.07. The lowest BCUT2D eigenvalue weighted by atomic mass is 9.73. The summed E-state index contributed by atoms with van der Waals surface area (Å²) in [4.78, 5) is 0. The van der Waals surface area contributed by atoms with Crippen molar-refractivity contribution in [1.82, 2.24) is 0 Å². The Kier molecular flexibility index (Phi) is 3.88. The minimum atomic E-state index is -0.729. The van der Waals surface area contributed by atoms with E-state index in [9.17, 15) is 9.50 Å². The summed E-state index contributed by atoms with van der Waals surface area (Å²) < 4.78 is 14.5. The summed E-state index contributed by atoms with van der Waals surface area (Å²) in [5, 5.41) is 10.6. The molecule has 2 unspecified atom stereocenters. The van der Waals surface area contributed by atoms with Gasteiger partial charge in [0.1, 0.15) is 5.82 Å². The third-order valence-electron chi connectivity index (χ3n) is 3.93. The van der Waals surface area contributed by atoms with Crippen LogP contribution in [-0.4, -0.2) is 10.7 Å². The van der Waals surface area contributed by atoms with E-state index in [1.165, 1.54) is 12.5 Å². The number of rotatable bonds is 2. The zero-order valence-electron chi connectivity index (χ0n) is 10.0. The SMILES string of the molecule is CC1CCCCC1(O)Cc1ccc(Br)cc1F. The van der Waals surface area contributed by atoms with Crippen molar-refractivity contribution in [2.45, 2.75) is 44.6 Å². The maximum absolute atomic E-state index is 13.8. The van der Waals surface area contributed by atoms with Gasteiger partial charge in [-0.2, -0.15) is 0 Å². The van der Waals surface area contributed by atoms with E-state index in [1.54, 1.807) is 6.07 Å². The molecule has 1 N–H and O–H groups in total. The second-order valence-electron chi connectivity index (χ2n) is 5.16. The maximum Gasteiger partial charge on any atom is 0.127 e. The van der Waals surface area contributed by atoms with E-state index in [1.807, 2.05) is 6.07 Å². The zero-order valence-corrected chi connectivity index (χ0v) is 11.6. The molecule has 1 fully saturated rings. The topological polar surface area (TPSA) is 20.2 Å². The maximum atomic E-state index is 13.8. The molecule has 1 aliphatic carbocycles. The van der Waals surface area contributed by atoms with Gasteiger partial charge in [-0.15, -0.1) is 0 Å². The van der Waals surface area contributed by atoms with Gasteiger partial charge >= 0.3 is 0 Å². The Morgan fingerprint density at radius 3 is 2.88 bits per heavy atom. The van der Waals surface area contributed by atoms with Crippen molar-refractivity contribution in [2.24, 2.45) is 5.92 Å². The van der Waals surface area contributed by atoms with Gasteiger partial charge in [0.2, 0.25) is 0 Å². The molecule has 0 bridgehead atoms. The third kappa shape index (κ3) is 2.89. The van der Waals surface area contributed by atoms with Crippen molar-refractivity contribution < 1.29 is 9.50 Å². The highest BCUT2D eigenvalue weighted by atomic mass is 79.9. The van der Waals surface area contributed by atoms with Gasteiger partial charge in [-0.3, -0.25) is 0 Å². The van der Waals surface area contributed by atoms with Crippen LogP contribution in [0.1, 0.15) is 38.2 Å². The molecule has 2 rings (SSSR count). The third-order valence-corrected chi connectivity index (χ3v) is 4.42. The smallest absolute Gasteiger partial charge is 0.127 e. The molecule has 1 aromatic rings. The van der Waals surface area contributed by atoms with Gasteiger partial charge in [0.25, 0.3) is 0 Å². The molecular weight excluding hydrogens is 283 g/mol. The first kappa shape index (κ1) is 13.0. The van der Waals surface area contributed by atoms with Crippen LogP contribution in [0.15, 0.2) is 22.7 Å². The van der Waals surface area contributed by atoms with Crippen LogP contribution in [0.5, 0.6) is 0 Å². The average Bonchev–Trinajstić information content (AvgIpc) is 2.27. The molecule has 1 saturated carbocycles. The Morgan fingerprint density at radius 1 is 1.47 bits per heavy atom. The molecule has 17 heavy (non-hydrogen) atoms. The van der Waals surface area contributed by atoms with Crippen molar-refractivity contribution >= 4 is 15.9 Å². The van der Waals surface area contributed by atoms with Crippen LogP contribution in [0, 0.1) is 11.7 Å². The van der Waals surface area contributed by atoms with Gasteiger partial charge in [-0.25, -0.2) is 4.39 Å². The fourth-order valence-corrected chi connectivity index (χ4v) is 2.99. The summed E-state index contributed by atoms with van der Waals surface area (Å²) in [5.74, 6) is 0.0184. The molecule has 3 heteroatoms. The van der Waals surface area contributed by atoms with E-state index in [2.05, 4.69) is 22.9 Å². The van der Waals surface area contributed by atoms with E-state index in [-0.39, 0.29) is 11.7 Å². The molecule has 0 aliphatic heterocycles. The summed E-state index contributed by atoms with van der Waals surface area (Å²) in [7, 11) is 0. The Labute approximate surface area is 110 Å². The lowest BCUT2D eigenvalue weighted by molar-refractivity contribution is -0.0410. The lowest BCUT2D eigenvalue weighted by Crippen LogP contribution is -2.41. The number of aliphatic hydroxyl groups is 1. The molecule has 1 nitrogen and oxygen atoms in total. The van der Waals surface area contributed by atoms with Crippen LogP contribution in [0.3, 0.4) is 0 Å². The second-order valence-corrected chi connectivity index (χ2v) is 6.08. The van der Waals surface area contributed by atoms with Crippen molar-refractivity contribution in [3.05, 3.63) is 34.1 Å². The molecule has 2 atom stereocenters. The first-order chi connectivity index (χ1) is 8.01. The Balaban J connectivity index is 2.19. The quantitative estimate of drug-likeness (QED) is 0.873. The minimum absolute atomic E-state index is 0.231. The standard InChI is InChI=1S/C14H18BrFO/c1-10-4-2-3-7-14(10,17)9-11-5-6-12(15)8-13(11)16/h5-6,8,10,17H,2-4,7,9H2,1H3. The zero-order chi connectivity index (χ0) is 12.5. The number of hydrogen-bond donors (Lipinski definition) is 1. The first-order valence-corrected chi connectivity index (χ1v) is 6.97. The van der Waals surface area contributed by atoms with Gasteiger partial charge in [0.15, 0.2) is 0 Å². The molecule has 0 radical (unpaired) electrons. The highest BCUT2D eigenvalue weighted by molar-refractivity contribution is 9.10. The Hall–Kier alpha value is -0.410. The Morgan fingerprint density at radius 2 is 2.24 bits per heavy atom. The fraction of sp³-hybridized carbons (Fsp3) is 0.571. The van der Waals surface area contributed by atoms with Crippen molar-refractivity contribution in [3.63, 3.8) is 0 Å². The summed E-state index contributed by atoms with van der Waals surface area (Å²) in [6.07, 6.45) is 4.46. The van der Waals surface area contributed by atoms with E-state index in [0.717, 1.165) is 23.7 Å². The minimum Gasteiger partial charge on any atom is -0.389 e. The molecule has 0 spiro atoms. The van der Waals surface area contributed by atoms with Crippen LogP contribution in [0.2, 0.25) is 0 Å². The predicted molar refractivity (Wildman–Crippen MR) is 70.4 cm³/mol. The van der Waals surface area contributed by atoms with Gasteiger partial charge in [-0.1, -0.05) is 41.8 Å². The van der Waals surface area contributed by atoms with E-state index in [0.29, 0.717) is 12.0 Å². The fourth-order valence-electron chi connectivity index (χ4n) is 2.65. The normalized spacial score (nSPS) is 29.3. The average molecular weight is 301 g/mol. The molecule has 0 heterocycles. The highest BCUT2D eigenvalue weighted by Gasteiger charge is 2.36. The van der Waals surface area contributed by atoms with Crippen LogP contribution in [-0.2, 0) is 6.42 Å². The van der Waals surface area contributed by atoms with E-state index in [4.69, 9.17) is 0 Å². The Bertz CT molecular complexity index is 407. The van der Waals surface area contributed by atoms with Gasteiger partial charge < -0.3 is 5.11 Å². The van der Waals surface area contributed by atoms with Crippen LogP contribution >= 0.6 is 15.9 Å². The number of halogens is 2. The molecule has 0 aromatic heterocycles. The summed E-state index contributed by atoms with van der Waals surface area (Å²) in [6, 6.07) is 5.06. The first-order valence-electron chi connectivity index (χ1n) is 6.17. The number of hydrogen-bond acceptors (Lipinski definition) is 1.